The highest BCUT2D eigenvalue weighted by Gasteiger charge is 2.08. The standard InChI is InChI=1S/C13H10ClFN2O2/c1-17-5-4-8(6-12(17)18)13(19)16-9-2-3-11(15)10(14)7-9/h2-7H,1H3,(H,16,19). The minimum absolute atomic E-state index is 0.0817. The van der Waals surface area contributed by atoms with E-state index in [-0.39, 0.29) is 16.1 Å². The SMILES string of the molecule is Cn1ccc(C(=O)Nc2ccc(F)c(Cl)c2)cc1=O. The number of nitrogens with zero attached hydrogens (tertiary/aromatic N) is 1. The summed E-state index contributed by atoms with van der Waals surface area (Å²) < 4.78 is 14.3. The molecule has 98 valence electrons. The summed E-state index contributed by atoms with van der Waals surface area (Å²) >= 11 is 5.61. The molecule has 0 radical (unpaired) electrons. The Morgan fingerprint density at radius 3 is 2.68 bits per heavy atom. The molecule has 0 atom stereocenters. The summed E-state index contributed by atoms with van der Waals surface area (Å²) in [5, 5.41) is 2.45. The quantitative estimate of drug-likeness (QED) is 0.918. The largest absolute Gasteiger partial charge is 0.322 e. The minimum atomic E-state index is -0.562. The number of aromatic nitrogens is 1. The van der Waals surface area contributed by atoms with Crippen molar-refractivity contribution in [2.45, 2.75) is 0 Å². The first kappa shape index (κ1) is 13.3. The minimum Gasteiger partial charge on any atom is -0.322 e. The number of pyridine rings is 1. The fourth-order valence-corrected chi connectivity index (χ4v) is 1.65. The molecular formula is C13H10ClFN2O2. The van der Waals surface area contributed by atoms with Gasteiger partial charge in [0.05, 0.1) is 5.02 Å². The predicted octanol–water partition coefficient (Wildman–Crippen LogP) is 2.43. The van der Waals surface area contributed by atoms with Gasteiger partial charge < -0.3 is 9.88 Å². The lowest BCUT2D eigenvalue weighted by Crippen LogP contribution is -2.19. The smallest absolute Gasteiger partial charge is 0.255 e. The molecule has 0 saturated heterocycles. The second kappa shape index (κ2) is 5.24. The van der Waals surface area contributed by atoms with E-state index in [0.29, 0.717) is 5.69 Å². The van der Waals surface area contributed by atoms with Crippen LogP contribution in [0.4, 0.5) is 10.1 Å². The second-order valence-corrected chi connectivity index (χ2v) is 4.35. The number of hydrogen-bond donors (Lipinski definition) is 1. The summed E-state index contributed by atoms with van der Waals surface area (Å²) in [5.41, 5.74) is 0.297. The molecule has 1 amide bonds. The van der Waals surface area contributed by atoms with Crippen molar-refractivity contribution in [3.8, 4) is 0 Å². The molecule has 2 aromatic rings. The number of amides is 1. The molecule has 0 bridgehead atoms. The lowest BCUT2D eigenvalue weighted by atomic mass is 10.2. The zero-order valence-corrected chi connectivity index (χ0v) is 10.7. The third kappa shape index (κ3) is 3.00. The molecule has 0 aliphatic heterocycles. The Kier molecular flexibility index (Phi) is 3.66. The van der Waals surface area contributed by atoms with Gasteiger partial charge in [-0.3, -0.25) is 9.59 Å². The molecule has 19 heavy (non-hydrogen) atoms. The average molecular weight is 281 g/mol. The number of nitrogens with one attached hydrogen (secondary N) is 1. The number of carbonyl (C=O) groups is 1. The fourth-order valence-electron chi connectivity index (χ4n) is 1.47. The van der Waals surface area contributed by atoms with Gasteiger partial charge in [-0.05, 0) is 24.3 Å². The van der Waals surface area contributed by atoms with Crippen LogP contribution in [-0.2, 0) is 7.05 Å². The maximum atomic E-state index is 13.0. The number of hydrogen-bond acceptors (Lipinski definition) is 2. The van der Waals surface area contributed by atoms with E-state index < -0.39 is 11.7 Å². The van der Waals surface area contributed by atoms with Gasteiger partial charge in [-0.25, -0.2) is 4.39 Å². The van der Waals surface area contributed by atoms with Gasteiger partial charge in [0.2, 0.25) is 0 Å². The van der Waals surface area contributed by atoms with E-state index in [0.717, 1.165) is 6.07 Å². The normalized spacial score (nSPS) is 10.3. The number of halogens is 2. The highest BCUT2D eigenvalue weighted by Crippen LogP contribution is 2.19. The Morgan fingerprint density at radius 2 is 2.05 bits per heavy atom. The van der Waals surface area contributed by atoms with Crippen LogP contribution in [0.15, 0.2) is 41.3 Å². The van der Waals surface area contributed by atoms with Crippen LogP contribution in [-0.4, -0.2) is 10.5 Å². The van der Waals surface area contributed by atoms with Gasteiger partial charge in [0, 0.05) is 30.6 Å². The topological polar surface area (TPSA) is 51.1 Å². The molecule has 0 spiro atoms. The molecule has 1 aromatic heterocycles. The second-order valence-electron chi connectivity index (χ2n) is 3.95. The van der Waals surface area contributed by atoms with Crippen molar-refractivity contribution in [1.29, 1.82) is 0 Å². The highest BCUT2D eigenvalue weighted by atomic mass is 35.5. The van der Waals surface area contributed by atoms with Crippen LogP contribution in [0, 0.1) is 5.82 Å². The molecule has 1 aromatic carbocycles. The lowest BCUT2D eigenvalue weighted by Gasteiger charge is -2.06. The van der Waals surface area contributed by atoms with Crippen molar-refractivity contribution in [3.05, 3.63) is 63.3 Å². The van der Waals surface area contributed by atoms with Crippen LogP contribution in [0.2, 0.25) is 5.02 Å². The summed E-state index contributed by atoms with van der Waals surface area (Å²) in [6, 6.07) is 6.58. The third-order valence-electron chi connectivity index (χ3n) is 2.54. The molecule has 0 fully saturated rings. The Bertz CT molecular complexity index is 697. The van der Waals surface area contributed by atoms with Crippen LogP contribution >= 0.6 is 11.6 Å². The zero-order chi connectivity index (χ0) is 14.0. The molecule has 0 aliphatic carbocycles. The van der Waals surface area contributed by atoms with E-state index in [1.54, 1.807) is 7.05 Å². The van der Waals surface area contributed by atoms with Gasteiger partial charge in [-0.15, -0.1) is 0 Å². The van der Waals surface area contributed by atoms with E-state index >= 15 is 0 Å². The van der Waals surface area contributed by atoms with Crippen molar-refractivity contribution in [3.63, 3.8) is 0 Å². The van der Waals surface area contributed by atoms with E-state index in [9.17, 15) is 14.0 Å². The van der Waals surface area contributed by atoms with Crippen molar-refractivity contribution in [1.82, 2.24) is 4.57 Å². The Labute approximate surface area is 113 Å². The van der Waals surface area contributed by atoms with E-state index in [2.05, 4.69) is 5.32 Å². The van der Waals surface area contributed by atoms with Crippen LogP contribution in [0.3, 0.4) is 0 Å². The Balaban J connectivity index is 2.23. The first-order chi connectivity index (χ1) is 8.97. The first-order valence-corrected chi connectivity index (χ1v) is 5.78. The van der Waals surface area contributed by atoms with Crippen molar-refractivity contribution in [2.75, 3.05) is 5.32 Å². The van der Waals surface area contributed by atoms with E-state index in [1.165, 1.54) is 35.0 Å². The number of benzene rings is 1. The highest BCUT2D eigenvalue weighted by molar-refractivity contribution is 6.31. The Morgan fingerprint density at radius 1 is 1.32 bits per heavy atom. The van der Waals surface area contributed by atoms with Crippen LogP contribution in [0.1, 0.15) is 10.4 Å². The van der Waals surface area contributed by atoms with Gasteiger partial charge in [-0.2, -0.15) is 0 Å². The molecule has 2 rings (SSSR count). The predicted molar refractivity (Wildman–Crippen MR) is 71.0 cm³/mol. The fraction of sp³-hybridized carbons (Fsp3) is 0.0769. The summed E-state index contributed by atoms with van der Waals surface area (Å²) in [7, 11) is 1.59. The van der Waals surface area contributed by atoms with Gasteiger partial charge in [-0.1, -0.05) is 11.6 Å². The molecule has 0 aliphatic rings. The number of rotatable bonds is 2. The lowest BCUT2D eigenvalue weighted by molar-refractivity contribution is 0.102. The number of anilines is 1. The third-order valence-corrected chi connectivity index (χ3v) is 2.83. The molecule has 0 saturated carbocycles. The molecule has 1 heterocycles. The zero-order valence-electron chi connectivity index (χ0n) is 9.98. The molecule has 6 heteroatoms. The van der Waals surface area contributed by atoms with Gasteiger partial charge >= 0.3 is 0 Å². The maximum absolute atomic E-state index is 13.0. The molecule has 1 N–H and O–H groups in total. The van der Waals surface area contributed by atoms with Gasteiger partial charge in [0.25, 0.3) is 11.5 Å². The van der Waals surface area contributed by atoms with Crippen LogP contribution in [0.25, 0.3) is 0 Å². The molecule has 4 nitrogen and oxygen atoms in total. The van der Waals surface area contributed by atoms with Crippen LogP contribution in [0.5, 0.6) is 0 Å². The maximum Gasteiger partial charge on any atom is 0.255 e. The van der Waals surface area contributed by atoms with E-state index in [4.69, 9.17) is 11.6 Å². The molecular weight excluding hydrogens is 271 g/mol. The monoisotopic (exact) mass is 280 g/mol. The van der Waals surface area contributed by atoms with Crippen molar-refractivity contribution < 1.29 is 9.18 Å². The Hall–Kier alpha value is -2.14. The van der Waals surface area contributed by atoms with Crippen LogP contribution < -0.4 is 10.9 Å². The van der Waals surface area contributed by atoms with Crippen molar-refractivity contribution >= 4 is 23.2 Å². The van der Waals surface area contributed by atoms with Gasteiger partial charge in [0.15, 0.2) is 0 Å². The van der Waals surface area contributed by atoms with Gasteiger partial charge in [0.1, 0.15) is 5.82 Å². The summed E-state index contributed by atoms with van der Waals surface area (Å²) in [4.78, 5) is 23.3. The first-order valence-electron chi connectivity index (χ1n) is 5.40. The number of carbonyl (C=O) groups excluding carboxylic acids is 1. The summed E-state index contributed by atoms with van der Waals surface area (Å²) in [6.45, 7) is 0. The van der Waals surface area contributed by atoms with E-state index in [1.807, 2.05) is 0 Å². The summed E-state index contributed by atoms with van der Waals surface area (Å²) in [6.07, 6.45) is 1.49. The summed E-state index contributed by atoms with van der Waals surface area (Å²) in [5.74, 6) is -1.02. The number of aryl methyl sites for hydroxylation is 1. The average Bonchev–Trinajstić information content (AvgIpc) is 2.37. The van der Waals surface area contributed by atoms with Crippen molar-refractivity contribution in [2.24, 2.45) is 7.05 Å². The molecule has 0 unspecified atom stereocenters.